The van der Waals surface area contributed by atoms with Crippen LogP contribution in [0.15, 0.2) is 84.9 Å². The summed E-state index contributed by atoms with van der Waals surface area (Å²) in [6, 6.07) is 23.2. The quantitative estimate of drug-likeness (QED) is 0.145. The third-order valence-electron chi connectivity index (χ3n) is 5.33. The van der Waals surface area contributed by atoms with Crippen LogP contribution >= 0.6 is 45.2 Å². The van der Waals surface area contributed by atoms with Crippen molar-refractivity contribution in [2.24, 2.45) is 0 Å². The third-order valence-corrected chi connectivity index (χ3v) is 7.34. The highest BCUT2D eigenvalue weighted by Crippen LogP contribution is 2.31. The van der Waals surface area contributed by atoms with Crippen molar-refractivity contribution in [3.05, 3.63) is 103 Å². The van der Waals surface area contributed by atoms with Gasteiger partial charge in [0.25, 0.3) is 0 Å². The average Bonchev–Trinajstić information content (AvgIpc) is 2.80. The highest BCUT2D eigenvalue weighted by Gasteiger charge is 2.31. The lowest BCUT2D eigenvalue weighted by molar-refractivity contribution is -0.275. The molecule has 0 N–H and O–H groups in total. The molecule has 0 bridgehead atoms. The smallest absolute Gasteiger partial charge is 0.406 e. The van der Waals surface area contributed by atoms with E-state index in [9.17, 15) is 26.3 Å². The van der Waals surface area contributed by atoms with Gasteiger partial charge in [0.05, 0.1) is 0 Å². The molecule has 0 saturated heterocycles. The molecule has 0 heterocycles. The first kappa shape index (κ1) is 27.6. The highest BCUT2D eigenvalue weighted by molar-refractivity contribution is 14.1. The molecule has 0 aliphatic carbocycles. The zero-order valence-corrected chi connectivity index (χ0v) is 22.9. The van der Waals surface area contributed by atoms with Crippen molar-refractivity contribution in [1.82, 2.24) is 0 Å². The number of alkyl halides is 6. The van der Waals surface area contributed by atoms with Gasteiger partial charge in [0.2, 0.25) is 0 Å². The van der Waals surface area contributed by atoms with Crippen LogP contribution in [0.1, 0.15) is 11.1 Å². The highest BCUT2D eigenvalue weighted by atomic mass is 127. The van der Waals surface area contributed by atoms with Gasteiger partial charge in [0.15, 0.2) is 0 Å². The van der Waals surface area contributed by atoms with Gasteiger partial charge in [-0.1, -0.05) is 48.5 Å². The summed E-state index contributed by atoms with van der Waals surface area (Å²) in [5, 5.41) is 0. The molecule has 2 nitrogen and oxygen atoms in total. The van der Waals surface area contributed by atoms with Crippen molar-refractivity contribution in [1.29, 1.82) is 0 Å². The Labute approximate surface area is 235 Å². The van der Waals surface area contributed by atoms with Crippen LogP contribution in [0, 0.1) is 7.14 Å². The zero-order chi connectivity index (χ0) is 26.8. The largest absolute Gasteiger partial charge is 0.573 e. The molecule has 4 aromatic carbocycles. The lowest BCUT2D eigenvalue weighted by atomic mass is 9.98. The van der Waals surface area contributed by atoms with E-state index in [2.05, 4.69) is 54.7 Å². The molecule has 37 heavy (non-hydrogen) atoms. The van der Waals surface area contributed by atoms with Crippen molar-refractivity contribution in [3.63, 3.8) is 0 Å². The fraction of sp³-hybridized carbons (Fsp3) is 0.111. The van der Waals surface area contributed by atoms with Gasteiger partial charge in [0, 0.05) is 7.14 Å². The Bertz CT molecular complexity index is 1280. The minimum Gasteiger partial charge on any atom is -0.406 e. The summed E-state index contributed by atoms with van der Waals surface area (Å²) < 4.78 is 84.1. The summed E-state index contributed by atoms with van der Waals surface area (Å²) in [4.78, 5) is 0. The predicted molar refractivity (Wildman–Crippen MR) is 145 cm³/mol. The van der Waals surface area contributed by atoms with Crippen LogP contribution in [0.3, 0.4) is 0 Å². The topological polar surface area (TPSA) is 18.5 Å². The van der Waals surface area contributed by atoms with Gasteiger partial charge in [-0.25, -0.2) is 0 Å². The van der Waals surface area contributed by atoms with Crippen LogP contribution in [0.2, 0.25) is 0 Å². The second kappa shape index (κ2) is 11.1. The predicted octanol–water partition coefficient (Wildman–Crippen LogP) is 9.62. The zero-order valence-electron chi connectivity index (χ0n) is 18.6. The maximum atomic E-state index is 12.4. The van der Waals surface area contributed by atoms with Crippen LogP contribution in [0.4, 0.5) is 26.3 Å². The Morgan fingerprint density at radius 3 is 1.11 bits per heavy atom. The first-order valence-electron chi connectivity index (χ1n) is 10.7. The molecule has 0 radical (unpaired) electrons. The summed E-state index contributed by atoms with van der Waals surface area (Å²) in [7, 11) is 0. The van der Waals surface area contributed by atoms with E-state index in [4.69, 9.17) is 0 Å². The molecular formula is C27H16F6I2O2. The summed E-state index contributed by atoms with van der Waals surface area (Å²) in [5.41, 5.74) is 5.44. The van der Waals surface area contributed by atoms with E-state index in [1.807, 2.05) is 36.4 Å². The fourth-order valence-corrected chi connectivity index (χ4v) is 5.06. The SMILES string of the molecule is FC(F)(F)Oc1ccc(-c2ccc(Cc3ccc(-c4ccc(OC(F)(F)F)cc4)cc3I)c(I)c2)cc1. The number of hydrogen-bond acceptors (Lipinski definition) is 2. The maximum Gasteiger partial charge on any atom is 0.573 e. The van der Waals surface area contributed by atoms with Crippen molar-refractivity contribution in [2.45, 2.75) is 19.1 Å². The Kier molecular flexibility index (Phi) is 8.26. The monoisotopic (exact) mass is 740 g/mol. The number of rotatable bonds is 6. The van der Waals surface area contributed by atoms with E-state index in [0.29, 0.717) is 6.42 Å². The van der Waals surface area contributed by atoms with Gasteiger partial charge in [-0.3, -0.25) is 0 Å². The third kappa shape index (κ3) is 7.76. The van der Waals surface area contributed by atoms with Crippen molar-refractivity contribution in [2.75, 3.05) is 0 Å². The molecule has 0 saturated carbocycles. The standard InChI is InChI=1S/C27H16F6I2O2/c28-26(29,30)36-22-9-5-16(6-10-22)18-1-3-20(24(34)14-18)13-21-4-2-19(15-25(21)35)17-7-11-23(12-8-17)37-27(31,32)33/h1-12,14-15H,13H2. The Morgan fingerprint density at radius 2 is 0.811 bits per heavy atom. The minimum absolute atomic E-state index is 0.272. The van der Waals surface area contributed by atoms with Gasteiger partial charge >= 0.3 is 12.7 Å². The Hall–Kier alpha value is -2.48. The molecule has 0 atom stereocenters. The van der Waals surface area contributed by atoms with Crippen molar-refractivity contribution >= 4 is 45.2 Å². The van der Waals surface area contributed by atoms with E-state index in [1.165, 1.54) is 24.3 Å². The van der Waals surface area contributed by atoms with Crippen LogP contribution in [-0.2, 0) is 6.42 Å². The molecule has 4 rings (SSSR count). The normalized spacial score (nSPS) is 11.9. The first-order valence-corrected chi connectivity index (χ1v) is 12.8. The molecule has 0 fully saturated rings. The van der Waals surface area contributed by atoms with E-state index >= 15 is 0 Å². The molecule has 0 aromatic heterocycles. The summed E-state index contributed by atoms with van der Waals surface area (Å²) >= 11 is 4.47. The van der Waals surface area contributed by atoms with Crippen molar-refractivity contribution < 1.29 is 35.8 Å². The molecule has 10 heteroatoms. The minimum atomic E-state index is -4.73. The summed E-state index contributed by atoms with van der Waals surface area (Å²) in [5.74, 6) is -0.544. The number of ether oxygens (including phenoxy) is 2. The maximum absolute atomic E-state index is 12.4. The lowest BCUT2D eigenvalue weighted by Crippen LogP contribution is -2.16. The van der Waals surface area contributed by atoms with Gasteiger partial charge in [0.1, 0.15) is 11.5 Å². The van der Waals surface area contributed by atoms with Gasteiger partial charge < -0.3 is 9.47 Å². The molecule has 0 aliphatic rings. The molecule has 4 aromatic rings. The second-order valence-corrected chi connectivity index (χ2v) is 10.3. The van der Waals surface area contributed by atoms with Crippen LogP contribution in [0.5, 0.6) is 11.5 Å². The average molecular weight is 740 g/mol. The fourth-order valence-electron chi connectivity index (χ4n) is 3.64. The van der Waals surface area contributed by atoms with E-state index in [0.717, 1.165) is 40.5 Å². The van der Waals surface area contributed by atoms with Crippen LogP contribution in [-0.4, -0.2) is 12.7 Å². The number of halogens is 8. The number of hydrogen-bond donors (Lipinski definition) is 0. The molecule has 0 unspecified atom stereocenters. The first-order chi connectivity index (χ1) is 17.4. The Morgan fingerprint density at radius 1 is 0.486 bits per heavy atom. The molecule has 192 valence electrons. The Balaban J connectivity index is 1.47. The molecule has 0 spiro atoms. The van der Waals surface area contributed by atoms with Gasteiger partial charge in [-0.15, -0.1) is 26.3 Å². The molecule has 0 amide bonds. The van der Waals surface area contributed by atoms with Gasteiger partial charge in [-0.2, -0.15) is 0 Å². The van der Waals surface area contributed by atoms with E-state index < -0.39 is 12.7 Å². The van der Waals surface area contributed by atoms with E-state index in [1.54, 1.807) is 24.3 Å². The summed E-state index contributed by atoms with van der Waals surface area (Å²) in [6.45, 7) is 0. The van der Waals surface area contributed by atoms with E-state index in [-0.39, 0.29) is 11.5 Å². The molecular weight excluding hydrogens is 724 g/mol. The second-order valence-electron chi connectivity index (χ2n) is 7.93. The van der Waals surface area contributed by atoms with Gasteiger partial charge in [-0.05, 0) is 121 Å². The number of benzene rings is 4. The summed E-state index contributed by atoms with van der Waals surface area (Å²) in [6.07, 6.45) is -8.80. The lowest BCUT2D eigenvalue weighted by Gasteiger charge is -2.12. The van der Waals surface area contributed by atoms with Crippen LogP contribution < -0.4 is 9.47 Å². The van der Waals surface area contributed by atoms with Crippen molar-refractivity contribution in [3.8, 4) is 33.8 Å². The van der Waals surface area contributed by atoms with Crippen LogP contribution in [0.25, 0.3) is 22.3 Å². The molecule has 0 aliphatic heterocycles.